The van der Waals surface area contributed by atoms with Crippen molar-refractivity contribution in [2.24, 2.45) is 4.99 Å². The van der Waals surface area contributed by atoms with Gasteiger partial charge in [0.15, 0.2) is 11.1 Å². The summed E-state index contributed by atoms with van der Waals surface area (Å²) in [6, 6.07) is 8.74. The topological polar surface area (TPSA) is 144 Å². The van der Waals surface area contributed by atoms with Gasteiger partial charge in [0.25, 0.3) is 0 Å². The summed E-state index contributed by atoms with van der Waals surface area (Å²) in [7, 11) is 0. The quantitative estimate of drug-likeness (QED) is 0.321. The van der Waals surface area contributed by atoms with Crippen LogP contribution in [0.2, 0.25) is 0 Å². The maximum atomic E-state index is 11.4. The summed E-state index contributed by atoms with van der Waals surface area (Å²) in [5, 5.41) is 27.5. The summed E-state index contributed by atoms with van der Waals surface area (Å²) in [4.78, 5) is 25.5. The SMILES string of the molecule is O=c1[nH]c(O)c(C=c2cnn3c(=NC4CC4)cc(Nc4ccc(O)cc4)nc23)[nH]1. The van der Waals surface area contributed by atoms with Crippen LogP contribution in [0.5, 0.6) is 11.6 Å². The lowest BCUT2D eigenvalue weighted by Crippen LogP contribution is -2.19. The number of fused-ring (bicyclic) bond motifs is 1. The minimum absolute atomic E-state index is 0.177. The second-order valence-corrected chi connectivity index (χ2v) is 6.85. The molecule has 0 amide bonds. The van der Waals surface area contributed by atoms with E-state index >= 15 is 0 Å². The number of nitrogens with zero attached hydrogens (tertiary/aromatic N) is 4. The molecule has 10 heteroatoms. The molecule has 3 heterocycles. The molecule has 5 N–H and O–H groups in total. The molecule has 0 bridgehead atoms. The van der Waals surface area contributed by atoms with Crippen molar-refractivity contribution < 1.29 is 10.2 Å². The summed E-state index contributed by atoms with van der Waals surface area (Å²) >= 11 is 0. The first-order chi connectivity index (χ1) is 14.0. The van der Waals surface area contributed by atoms with Gasteiger partial charge in [0.05, 0.1) is 12.2 Å². The third-order valence-electron chi connectivity index (χ3n) is 4.52. The number of hydrogen-bond donors (Lipinski definition) is 5. The fourth-order valence-corrected chi connectivity index (χ4v) is 2.95. The first kappa shape index (κ1) is 17.0. The van der Waals surface area contributed by atoms with Gasteiger partial charge in [-0.25, -0.2) is 9.78 Å². The molecule has 29 heavy (non-hydrogen) atoms. The van der Waals surface area contributed by atoms with Gasteiger partial charge in [0.1, 0.15) is 17.3 Å². The summed E-state index contributed by atoms with van der Waals surface area (Å²) in [5.74, 6) is 0.483. The van der Waals surface area contributed by atoms with Crippen LogP contribution >= 0.6 is 0 Å². The lowest BCUT2D eigenvalue weighted by molar-refractivity contribution is 0.454. The molecule has 0 aliphatic heterocycles. The summed E-state index contributed by atoms with van der Waals surface area (Å²) in [5.41, 5.74) is 1.68. The number of rotatable bonds is 4. The summed E-state index contributed by atoms with van der Waals surface area (Å²) < 4.78 is 1.63. The molecule has 1 fully saturated rings. The van der Waals surface area contributed by atoms with Gasteiger partial charge < -0.3 is 20.5 Å². The van der Waals surface area contributed by atoms with Crippen LogP contribution in [-0.4, -0.2) is 40.8 Å². The van der Waals surface area contributed by atoms with Crippen LogP contribution in [-0.2, 0) is 0 Å². The highest BCUT2D eigenvalue weighted by Gasteiger charge is 2.20. The molecule has 5 rings (SSSR count). The van der Waals surface area contributed by atoms with E-state index in [0.717, 1.165) is 18.5 Å². The standard InChI is InChI=1S/C19H17N7O3/c27-13-5-3-11(4-6-13)21-15-8-16(22-12-1-2-12)26-17(24-15)10(9-20-26)7-14-18(28)25-19(29)23-14/h3-9,12,21,27-28H,1-2H2,(H2,23,25,29). The highest BCUT2D eigenvalue weighted by Crippen LogP contribution is 2.23. The number of phenols is 1. The summed E-state index contributed by atoms with van der Waals surface area (Å²) in [6.07, 6.45) is 5.28. The molecular weight excluding hydrogens is 374 g/mol. The average molecular weight is 391 g/mol. The molecule has 146 valence electrons. The molecule has 0 radical (unpaired) electrons. The zero-order chi connectivity index (χ0) is 20.0. The number of aromatic hydroxyl groups is 2. The molecule has 1 saturated carbocycles. The lowest BCUT2D eigenvalue weighted by Gasteiger charge is -2.06. The highest BCUT2D eigenvalue weighted by molar-refractivity contribution is 5.61. The van der Waals surface area contributed by atoms with E-state index in [-0.39, 0.29) is 23.4 Å². The van der Waals surface area contributed by atoms with Crippen LogP contribution in [0.1, 0.15) is 18.5 Å². The Morgan fingerprint density at radius 1 is 1.21 bits per heavy atom. The molecular formula is C19H17N7O3. The molecule has 3 aromatic heterocycles. The van der Waals surface area contributed by atoms with E-state index in [1.54, 1.807) is 41.1 Å². The lowest BCUT2D eigenvalue weighted by atomic mass is 10.3. The Morgan fingerprint density at radius 3 is 2.69 bits per heavy atom. The summed E-state index contributed by atoms with van der Waals surface area (Å²) in [6.45, 7) is 0. The third kappa shape index (κ3) is 3.43. The van der Waals surface area contributed by atoms with Crippen molar-refractivity contribution in [2.45, 2.75) is 18.9 Å². The van der Waals surface area contributed by atoms with Gasteiger partial charge in [-0.3, -0.25) is 9.98 Å². The van der Waals surface area contributed by atoms with Gasteiger partial charge in [0, 0.05) is 17.0 Å². The predicted octanol–water partition coefficient (Wildman–Crippen LogP) is 0.511. The smallest absolute Gasteiger partial charge is 0.326 e. The van der Waals surface area contributed by atoms with E-state index in [4.69, 9.17) is 4.99 Å². The number of anilines is 2. The van der Waals surface area contributed by atoms with Crippen molar-refractivity contribution in [2.75, 3.05) is 5.32 Å². The minimum atomic E-state index is -0.503. The molecule has 1 aliphatic carbocycles. The van der Waals surface area contributed by atoms with Gasteiger partial charge in [-0.2, -0.15) is 9.61 Å². The molecule has 0 spiro atoms. The molecule has 0 saturated heterocycles. The monoisotopic (exact) mass is 391 g/mol. The van der Waals surface area contributed by atoms with E-state index in [1.165, 1.54) is 0 Å². The zero-order valence-electron chi connectivity index (χ0n) is 15.1. The number of aromatic nitrogens is 5. The van der Waals surface area contributed by atoms with E-state index in [1.807, 2.05) is 6.07 Å². The predicted molar refractivity (Wildman–Crippen MR) is 105 cm³/mol. The molecule has 0 unspecified atom stereocenters. The normalized spacial score (nSPS) is 15.3. The van der Waals surface area contributed by atoms with Crippen LogP contribution in [0.15, 0.2) is 46.3 Å². The van der Waals surface area contributed by atoms with Gasteiger partial charge in [-0.1, -0.05) is 0 Å². The van der Waals surface area contributed by atoms with Crippen LogP contribution in [0.4, 0.5) is 11.5 Å². The van der Waals surface area contributed by atoms with Crippen LogP contribution in [0.25, 0.3) is 11.7 Å². The van der Waals surface area contributed by atoms with Gasteiger partial charge in [-0.15, -0.1) is 0 Å². The molecule has 10 nitrogen and oxygen atoms in total. The van der Waals surface area contributed by atoms with Crippen molar-refractivity contribution in [1.82, 2.24) is 24.6 Å². The van der Waals surface area contributed by atoms with E-state index < -0.39 is 5.69 Å². The minimum Gasteiger partial charge on any atom is -0.508 e. The van der Waals surface area contributed by atoms with Crippen molar-refractivity contribution in [3.05, 3.63) is 63.4 Å². The maximum Gasteiger partial charge on any atom is 0.326 e. The Morgan fingerprint density at radius 2 is 2.00 bits per heavy atom. The highest BCUT2D eigenvalue weighted by atomic mass is 16.3. The number of nitrogens with one attached hydrogen (secondary N) is 3. The fourth-order valence-electron chi connectivity index (χ4n) is 2.95. The Bertz CT molecular complexity index is 1380. The first-order valence-corrected chi connectivity index (χ1v) is 9.07. The van der Waals surface area contributed by atoms with Crippen molar-refractivity contribution in [3.63, 3.8) is 0 Å². The van der Waals surface area contributed by atoms with Crippen molar-refractivity contribution >= 4 is 23.2 Å². The number of phenolic OH excluding ortho intramolecular Hbond substituents is 1. The first-order valence-electron chi connectivity index (χ1n) is 9.07. The zero-order valence-corrected chi connectivity index (χ0v) is 15.1. The van der Waals surface area contributed by atoms with Gasteiger partial charge in [-0.05, 0) is 43.2 Å². The van der Waals surface area contributed by atoms with Crippen LogP contribution < -0.4 is 21.7 Å². The Labute approximate surface area is 162 Å². The second kappa shape index (κ2) is 6.51. The fraction of sp³-hybridized carbons (Fsp3) is 0.158. The largest absolute Gasteiger partial charge is 0.508 e. The van der Waals surface area contributed by atoms with Crippen molar-refractivity contribution in [1.29, 1.82) is 0 Å². The maximum absolute atomic E-state index is 11.4. The molecule has 1 aromatic carbocycles. The average Bonchev–Trinajstić information content (AvgIpc) is 3.33. The van der Waals surface area contributed by atoms with E-state index in [2.05, 4.69) is 25.4 Å². The van der Waals surface area contributed by atoms with Gasteiger partial charge >= 0.3 is 5.69 Å². The van der Waals surface area contributed by atoms with Crippen LogP contribution in [0, 0.1) is 0 Å². The number of imidazole rings is 1. The van der Waals surface area contributed by atoms with E-state index in [9.17, 15) is 15.0 Å². The number of benzene rings is 1. The second-order valence-electron chi connectivity index (χ2n) is 6.85. The molecule has 4 aromatic rings. The third-order valence-corrected chi connectivity index (χ3v) is 4.52. The van der Waals surface area contributed by atoms with Crippen LogP contribution in [0.3, 0.4) is 0 Å². The number of aromatic amines is 2. The molecule has 1 aliphatic rings. The Balaban J connectivity index is 1.67. The van der Waals surface area contributed by atoms with Gasteiger partial charge in [0.2, 0.25) is 5.88 Å². The Hall–Kier alpha value is -4.08. The number of H-pyrrole nitrogens is 2. The Kier molecular flexibility index (Phi) is 3.83. The molecule has 0 atom stereocenters. The van der Waals surface area contributed by atoms with Crippen molar-refractivity contribution in [3.8, 4) is 11.6 Å². The number of hydrogen-bond acceptors (Lipinski definition) is 7. The van der Waals surface area contributed by atoms with E-state index in [0.29, 0.717) is 22.2 Å².